The fourth-order valence-corrected chi connectivity index (χ4v) is 8.30. The van der Waals surface area contributed by atoms with Crippen LogP contribution in [0.1, 0.15) is 149 Å². The van der Waals surface area contributed by atoms with Gasteiger partial charge in [0.1, 0.15) is 6.10 Å². The van der Waals surface area contributed by atoms with Gasteiger partial charge in [0.25, 0.3) is 0 Å². The largest absolute Gasteiger partial charge is 0.481 e. The SMILES string of the molecule is CC1CCC(/C=C/C2CCC(C(=O)O)CC2)CC1.CC1CCC(/C=C/C2CCC(C(=O)OC3CCC(C)CC3)CC2)CC1. The number of carboxylic acid groups (broad SMARTS) is 1. The molecule has 4 heteroatoms. The Hall–Kier alpha value is -1.58. The number of allylic oxidation sites excluding steroid dienone is 4. The molecule has 244 valence electrons. The fraction of sp³-hybridized carbons (Fsp3) is 0.846. The Bertz CT molecular complexity index is 867. The van der Waals surface area contributed by atoms with Gasteiger partial charge in [0, 0.05) is 0 Å². The molecule has 5 rings (SSSR count). The summed E-state index contributed by atoms with van der Waals surface area (Å²) in [6.45, 7) is 7.04. The quantitative estimate of drug-likeness (QED) is 0.234. The Balaban J connectivity index is 0.000000208. The van der Waals surface area contributed by atoms with Crippen molar-refractivity contribution < 1.29 is 19.4 Å². The highest BCUT2D eigenvalue weighted by molar-refractivity contribution is 5.72. The first-order valence-electron chi connectivity index (χ1n) is 18.5. The maximum Gasteiger partial charge on any atom is 0.309 e. The van der Waals surface area contributed by atoms with Crippen molar-refractivity contribution in [3.05, 3.63) is 24.3 Å². The van der Waals surface area contributed by atoms with E-state index in [1.807, 2.05) is 0 Å². The standard InChI is InChI=1S/C23H38O2.C16H26O2/c1-17-3-7-19(8-4-17)9-10-20-11-13-21(14-12-20)23(24)25-22-15-5-18(2)6-16-22;1-12-2-4-13(5-3-12)6-7-14-8-10-15(11-9-14)16(17)18/h9-10,17-22H,3-8,11-16H2,1-2H3;6-7,12-15H,2-5,8-11H2,1H3,(H,17,18)/b10-9+;7-6+. The van der Waals surface area contributed by atoms with E-state index in [1.54, 1.807) is 0 Å². The van der Waals surface area contributed by atoms with Crippen LogP contribution < -0.4 is 0 Å². The molecule has 0 spiro atoms. The van der Waals surface area contributed by atoms with Crippen LogP contribution in [0.2, 0.25) is 0 Å². The van der Waals surface area contributed by atoms with Crippen LogP contribution in [0.25, 0.3) is 0 Å². The van der Waals surface area contributed by atoms with E-state index in [-0.39, 0.29) is 23.9 Å². The number of rotatable bonds is 7. The highest BCUT2D eigenvalue weighted by Gasteiger charge is 2.30. The number of hydrogen-bond acceptors (Lipinski definition) is 3. The second-order valence-electron chi connectivity index (χ2n) is 15.7. The summed E-state index contributed by atoms with van der Waals surface area (Å²) in [7, 11) is 0. The van der Waals surface area contributed by atoms with Crippen molar-refractivity contribution in [1.82, 2.24) is 0 Å². The Morgan fingerprint density at radius 3 is 1.12 bits per heavy atom. The molecule has 4 nitrogen and oxygen atoms in total. The van der Waals surface area contributed by atoms with Gasteiger partial charge in [-0.15, -0.1) is 0 Å². The molecule has 0 aromatic heterocycles. The van der Waals surface area contributed by atoms with Gasteiger partial charge in [-0.1, -0.05) is 70.8 Å². The van der Waals surface area contributed by atoms with Gasteiger partial charge >= 0.3 is 11.9 Å². The third-order valence-corrected chi connectivity index (χ3v) is 11.9. The molecule has 0 radical (unpaired) electrons. The lowest BCUT2D eigenvalue weighted by molar-refractivity contribution is -0.157. The van der Waals surface area contributed by atoms with Crippen molar-refractivity contribution in [3.63, 3.8) is 0 Å². The molecular weight excluding hydrogens is 532 g/mol. The summed E-state index contributed by atoms with van der Waals surface area (Å²) in [5, 5.41) is 8.97. The monoisotopic (exact) mass is 596 g/mol. The summed E-state index contributed by atoms with van der Waals surface area (Å²) in [5.74, 6) is 5.18. The van der Waals surface area contributed by atoms with Gasteiger partial charge in [-0.2, -0.15) is 0 Å². The molecule has 1 N–H and O–H groups in total. The zero-order valence-electron chi connectivity index (χ0n) is 27.9. The molecule has 0 aliphatic heterocycles. The lowest BCUT2D eigenvalue weighted by atomic mass is 9.79. The Kier molecular flexibility index (Phi) is 14.2. The minimum absolute atomic E-state index is 0.0785. The molecule has 0 bridgehead atoms. The van der Waals surface area contributed by atoms with Crippen LogP contribution in [0, 0.1) is 53.3 Å². The highest BCUT2D eigenvalue weighted by atomic mass is 16.5. The van der Waals surface area contributed by atoms with Gasteiger partial charge in [0.2, 0.25) is 0 Å². The summed E-state index contributed by atoms with van der Waals surface area (Å²) in [4.78, 5) is 23.3. The van der Waals surface area contributed by atoms with E-state index in [4.69, 9.17) is 9.84 Å². The molecule has 5 aliphatic carbocycles. The van der Waals surface area contributed by atoms with Gasteiger partial charge in [-0.05, 0) is 144 Å². The van der Waals surface area contributed by atoms with Crippen molar-refractivity contribution in [1.29, 1.82) is 0 Å². The van der Waals surface area contributed by atoms with E-state index in [2.05, 4.69) is 45.1 Å². The summed E-state index contributed by atoms with van der Waals surface area (Å²) in [6, 6.07) is 0. The van der Waals surface area contributed by atoms with E-state index in [0.717, 1.165) is 81.0 Å². The molecule has 0 aromatic carbocycles. The van der Waals surface area contributed by atoms with Gasteiger partial charge in [-0.3, -0.25) is 9.59 Å². The number of hydrogen-bond donors (Lipinski definition) is 1. The molecule has 5 aliphatic rings. The summed E-state index contributed by atoms with van der Waals surface area (Å²) >= 11 is 0. The first kappa shape index (κ1) is 34.3. The second kappa shape index (κ2) is 17.8. The number of carboxylic acids is 1. The van der Waals surface area contributed by atoms with E-state index < -0.39 is 5.97 Å². The normalized spacial score (nSPS) is 39.1. The topological polar surface area (TPSA) is 63.6 Å². The van der Waals surface area contributed by atoms with Crippen LogP contribution in [0.4, 0.5) is 0 Å². The van der Waals surface area contributed by atoms with E-state index in [0.29, 0.717) is 11.8 Å². The zero-order valence-corrected chi connectivity index (χ0v) is 27.9. The Labute approximate surface area is 263 Å². The first-order chi connectivity index (χ1) is 20.7. The molecule has 43 heavy (non-hydrogen) atoms. The number of aliphatic carboxylic acids is 1. The molecule has 5 saturated carbocycles. The molecule has 0 aromatic rings. The van der Waals surface area contributed by atoms with Crippen LogP contribution in [0.15, 0.2) is 24.3 Å². The van der Waals surface area contributed by atoms with E-state index in [1.165, 1.54) is 77.0 Å². The van der Waals surface area contributed by atoms with Crippen LogP contribution >= 0.6 is 0 Å². The Morgan fingerprint density at radius 1 is 0.465 bits per heavy atom. The van der Waals surface area contributed by atoms with E-state index >= 15 is 0 Å². The maximum absolute atomic E-state index is 12.5. The van der Waals surface area contributed by atoms with Crippen molar-refractivity contribution in [2.45, 2.75) is 155 Å². The lowest BCUT2D eigenvalue weighted by Crippen LogP contribution is -2.29. The van der Waals surface area contributed by atoms with Gasteiger partial charge < -0.3 is 9.84 Å². The molecule has 0 heterocycles. The fourth-order valence-electron chi connectivity index (χ4n) is 8.30. The number of esters is 1. The first-order valence-corrected chi connectivity index (χ1v) is 18.5. The zero-order chi connectivity index (χ0) is 30.6. The molecular formula is C39H64O4. The smallest absolute Gasteiger partial charge is 0.309 e. The van der Waals surface area contributed by atoms with Crippen LogP contribution in [-0.4, -0.2) is 23.1 Å². The van der Waals surface area contributed by atoms with E-state index in [9.17, 15) is 9.59 Å². The molecule has 5 fully saturated rings. The predicted molar refractivity (Wildman–Crippen MR) is 177 cm³/mol. The summed E-state index contributed by atoms with van der Waals surface area (Å²) < 4.78 is 5.82. The third-order valence-electron chi connectivity index (χ3n) is 11.9. The minimum Gasteiger partial charge on any atom is -0.481 e. The Morgan fingerprint density at radius 2 is 0.767 bits per heavy atom. The van der Waals surface area contributed by atoms with Crippen molar-refractivity contribution >= 4 is 11.9 Å². The van der Waals surface area contributed by atoms with Crippen LogP contribution in [-0.2, 0) is 14.3 Å². The minimum atomic E-state index is -0.598. The number of ether oxygens (including phenoxy) is 1. The molecule has 0 saturated heterocycles. The second-order valence-corrected chi connectivity index (χ2v) is 15.7. The van der Waals surface area contributed by atoms with Gasteiger partial charge in [0.05, 0.1) is 11.8 Å². The van der Waals surface area contributed by atoms with Gasteiger partial charge in [-0.25, -0.2) is 0 Å². The maximum atomic E-state index is 12.5. The average Bonchev–Trinajstić information content (AvgIpc) is 3.02. The molecule has 0 unspecified atom stereocenters. The molecule has 0 amide bonds. The average molecular weight is 597 g/mol. The lowest BCUT2D eigenvalue weighted by Gasteiger charge is -2.30. The van der Waals surface area contributed by atoms with Crippen LogP contribution in [0.5, 0.6) is 0 Å². The summed E-state index contributed by atoms with van der Waals surface area (Å²) in [5.41, 5.74) is 0. The number of carbonyl (C=O) groups is 2. The van der Waals surface area contributed by atoms with Crippen molar-refractivity contribution in [3.8, 4) is 0 Å². The third kappa shape index (κ3) is 12.0. The van der Waals surface area contributed by atoms with Crippen molar-refractivity contribution in [2.75, 3.05) is 0 Å². The molecule has 0 atom stereocenters. The van der Waals surface area contributed by atoms with Crippen LogP contribution in [0.3, 0.4) is 0 Å². The van der Waals surface area contributed by atoms with Crippen molar-refractivity contribution in [2.24, 2.45) is 53.3 Å². The summed E-state index contributed by atoms with van der Waals surface area (Å²) in [6.07, 6.45) is 33.8. The number of carbonyl (C=O) groups excluding carboxylic acids is 1. The van der Waals surface area contributed by atoms with Gasteiger partial charge in [0.15, 0.2) is 0 Å². The predicted octanol–water partition coefficient (Wildman–Crippen LogP) is 10.6. The highest BCUT2D eigenvalue weighted by Crippen LogP contribution is 2.35.